The molecule has 0 aliphatic rings. The molecule has 0 spiro atoms. The summed E-state index contributed by atoms with van der Waals surface area (Å²) in [4.78, 5) is 12.6. The van der Waals surface area contributed by atoms with Crippen molar-refractivity contribution < 1.29 is 4.39 Å². The first-order valence-electron chi connectivity index (χ1n) is 10.3. The zero-order valence-electron chi connectivity index (χ0n) is 17.8. The number of nitrogens with one attached hydrogen (secondary N) is 3. The number of imidazole rings is 1. The van der Waals surface area contributed by atoms with E-state index in [1.807, 2.05) is 25.4 Å². The number of aliphatic imine (C=N–C) groups is 1. The number of guanidine groups is 1. The number of aromatic nitrogens is 3. The second kappa shape index (κ2) is 10.6. The fourth-order valence-corrected chi connectivity index (χ4v) is 3.62. The Labute approximate surface area is 198 Å². The molecule has 0 radical (unpaired) electrons. The average molecular weight is 534 g/mol. The van der Waals surface area contributed by atoms with Gasteiger partial charge in [-0.2, -0.15) is 0 Å². The van der Waals surface area contributed by atoms with Gasteiger partial charge < -0.3 is 20.0 Å². The van der Waals surface area contributed by atoms with E-state index in [0.29, 0.717) is 13.1 Å². The van der Waals surface area contributed by atoms with Crippen molar-refractivity contribution in [3.8, 4) is 0 Å². The van der Waals surface area contributed by atoms with Crippen molar-refractivity contribution in [2.45, 2.75) is 26.7 Å². The van der Waals surface area contributed by atoms with Crippen molar-refractivity contribution in [2.75, 3.05) is 19.6 Å². The molecule has 0 aliphatic heterocycles. The van der Waals surface area contributed by atoms with Gasteiger partial charge in [-0.25, -0.2) is 9.37 Å². The van der Waals surface area contributed by atoms with E-state index in [0.717, 1.165) is 53.2 Å². The molecule has 8 heteroatoms. The third-order valence-corrected chi connectivity index (χ3v) is 5.13. The monoisotopic (exact) mass is 534 g/mol. The van der Waals surface area contributed by atoms with Gasteiger partial charge in [0.05, 0.1) is 5.69 Å². The molecular weight excluding hydrogens is 506 g/mol. The number of H-pyrrole nitrogens is 1. The van der Waals surface area contributed by atoms with Crippen LogP contribution in [-0.4, -0.2) is 40.0 Å². The van der Waals surface area contributed by atoms with E-state index in [2.05, 4.69) is 44.2 Å². The van der Waals surface area contributed by atoms with Crippen molar-refractivity contribution in [1.29, 1.82) is 0 Å². The highest BCUT2D eigenvalue weighted by atomic mass is 127. The van der Waals surface area contributed by atoms with Crippen LogP contribution in [0.1, 0.15) is 23.7 Å². The number of fused-ring (bicyclic) bond motifs is 2. The third-order valence-electron chi connectivity index (χ3n) is 5.13. The van der Waals surface area contributed by atoms with E-state index in [9.17, 15) is 4.39 Å². The maximum absolute atomic E-state index is 13.5. The maximum atomic E-state index is 13.5. The first-order valence-corrected chi connectivity index (χ1v) is 10.3. The number of aromatic amines is 1. The van der Waals surface area contributed by atoms with Crippen LogP contribution in [0, 0.1) is 12.7 Å². The third kappa shape index (κ3) is 5.55. The summed E-state index contributed by atoms with van der Waals surface area (Å²) in [6.07, 6.45) is 7.58. The van der Waals surface area contributed by atoms with E-state index < -0.39 is 0 Å². The van der Waals surface area contributed by atoms with Crippen LogP contribution in [0.3, 0.4) is 0 Å². The van der Waals surface area contributed by atoms with Gasteiger partial charge in [-0.05, 0) is 55.7 Å². The number of halogens is 2. The van der Waals surface area contributed by atoms with E-state index in [4.69, 9.17) is 4.98 Å². The first-order chi connectivity index (χ1) is 14.6. The second-order valence-electron chi connectivity index (χ2n) is 7.35. The van der Waals surface area contributed by atoms with E-state index in [-0.39, 0.29) is 29.8 Å². The van der Waals surface area contributed by atoms with Crippen LogP contribution < -0.4 is 10.6 Å². The maximum Gasteiger partial charge on any atom is 0.191 e. The molecule has 4 rings (SSSR count). The Morgan fingerprint density at radius 3 is 2.90 bits per heavy atom. The van der Waals surface area contributed by atoms with E-state index in [1.165, 1.54) is 11.6 Å². The number of benzene rings is 1. The Hall–Kier alpha value is -2.62. The van der Waals surface area contributed by atoms with Crippen molar-refractivity contribution in [1.82, 2.24) is 25.0 Å². The second-order valence-corrected chi connectivity index (χ2v) is 7.35. The van der Waals surface area contributed by atoms with Crippen molar-refractivity contribution in [2.24, 2.45) is 4.99 Å². The molecule has 0 amide bonds. The standard InChI is InChI=1S/C23H27FN6.HI/c1-3-25-23(26-10-8-17-14-28-21-7-6-18(24)13-20(17)21)27-11-9-19-15-30-12-4-5-16(2)22(30)29-19;/h4-7,12-15,28H,3,8-11H2,1-2H3,(H2,25,26,27);1H. The van der Waals surface area contributed by atoms with Crippen LogP contribution >= 0.6 is 24.0 Å². The lowest BCUT2D eigenvalue weighted by molar-refractivity contribution is 0.629. The van der Waals surface area contributed by atoms with Gasteiger partial charge in [-0.15, -0.1) is 24.0 Å². The topological polar surface area (TPSA) is 69.5 Å². The van der Waals surface area contributed by atoms with Gasteiger partial charge in [0, 0.05) is 55.5 Å². The summed E-state index contributed by atoms with van der Waals surface area (Å²) in [5, 5.41) is 7.57. The lowest BCUT2D eigenvalue weighted by Gasteiger charge is -2.11. The van der Waals surface area contributed by atoms with Gasteiger partial charge in [0.25, 0.3) is 0 Å². The highest BCUT2D eigenvalue weighted by molar-refractivity contribution is 14.0. The average Bonchev–Trinajstić information content (AvgIpc) is 3.33. The molecule has 164 valence electrons. The molecule has 0 saturated carbocycles. The highest BCUT2D eigenvalue weighted by Gasteiger charge is 2.06. The van der Waals surface area contributed by atoms with Gasteiger partial charge in [-0.1, -0.05) is 6.07 Å². The summed E-state index contributed by atoms with van der Waals surface area (Å²) in [6, 6.07) is 8.92. The molecule has 0 atom stereocenters. The Kier molecular flexibility index (Phi) is 7.89. The van der Waals surface area contributed by atoms with Gasteiger partial charge in [0.15, 0.2) is 5.96 Å². The molecule has 3 heterocycles. The molecule has 0 unspecified atom stereocenters. The zero-order chi connectivity index (χ0) is 20.9. The number of pyridine rings is 1. The Morgan fingerprint density at radius 2 is 2.10 bits per heavy atom. The Balaban J connectivity index is 0.00000272. The smallest absolute Gasteiger partial charge is 0.191 e. The lowest BCUT2D eigenvalue weighted by Crippen LogP contribution is -2.38. The summed E-state index contributed by atoms with van der Waals surface area (Å²) in [6.45, 7) is 6.27. The first kappa shape index (κ1) is 23.1. The van der Waals surface area contributed by atoms with Gasteiger partial charge in [0.2, 0.25) is 0 Å². The summed E-state index contributed by atoms with van der Waals surface area (Å²) >= 11 is 0. The SMILES string of the molecule is CCNC(=NCCc1cn2cccc(C)c2n1)NCCc1c[nH]c2ccc(F)cc12.I. The van der Waals surface area contributed by atoms with Gasteiger partial charge in [0.1, 0.15) is 11.5 Å². The molecule has 0 fully saturated rings. The fourth-order valence-electron chi connectivity index (χ4n) is 3.62. The van der Waals surface area contributed by atoms with E-state index >= 15 is 0 Å². The quantitative estimate of drug-likeness (QED) is 0.189. The molecule has 3 N–H and O–H groups in total. The number of rotatable bonds is 7. The minimum atomic E-state index is -0.214. The van der Waals surface area contributed by atoms with Crippen LogP contribution in [0.5, 0.6) is 0 Å². The molecule has 1 aromatic carbocycles. The van der Waals surface area contributed by atoms with Gasteiger partial charge >= 0.3 is 0 Å². The number of nitrogens with zero attached hydrogens (tertiary/aromatic N) is 3. The molecule has 6 nitrogen and oxygen atoms in total. The molecular formula is C23H28FIN6. The highest BCUT2D eigenvalue weighted by Crippen LogP contribution is 2.19. The lowest BCUT2D eigenvalue weighted by atomic mass is 10.1. The normalized spacial score (nSPS) is 11.6. The minimum absolute atomic E-state index is 0. The summed E-state index contributed by atoms with van der Waals surface area (Å²) in [5.74, 6) is 0.566. The fraction of sp³-hybridized carbons (Fsp3) is 0.304. The minimum Gasteiger partial charge on any atom is -0.361 e. The van der Waals surface area contributed by atoms with Crippen molar-refractivity contribution >= 4 is 46.5 Å². The van der Waals surface area contributed by atoms with Gasteiger partial charge in [-0.3, -0.25) is 4.99 Å². The summed E-state index contributed by atoms with van der Waals surface area (Å²) < 4.78 is 15.6. The largest absolute Gasteiger partial charge is 0.361 e. The molecule has 0 bridgehead atoms. The van der Waals surface area contributed by atoms with Crippen LogP contribution in [0.15, 0.2) is 53.9 Å². The predicted octanol–water partition coefficient (Wildman–Crippen LogP) is 4.22. The molecule has 0 saturated heterocycles. The Morgan fingerprint density at radius 1 is 1.23 bits per heavy atom. The number of aryl methyl sites for hydroxylation is 1. The van der Waals surface area contributed by atoms with E-state index in [1.54, 1.807) is 12.1 Å². The number of hydrogen-bond donors (Lipinski definition) is 3. The number of hydrogen-bond acceptors (Lipinski definition) is 2. The van der Waals surface area contributed by atoms with Crippen LogP contribution in [0.2, 0.25) is 0 Å². The van der Waals surface area contributed by atoms with Crippen molar-refractivity contribution in [3.05, 3.63) is 71.6 Å². The zero-order valence-corrected chi connectivity index (χ0v) is 20.1. The molecule has 0 aliphatic carbocycles. The summed E-state index contributed by atoms with van der Waals surface area (Å²) in [5.41, 5.74) is 5.24. The Bertz CT molecular complexity index is 1180. The molecule has 4 aromatic rings. The van der Waals surface area contributed by atoms with Crippen LogP contribution in [0.4, 0.5) is 4.39 Å². The van der Waals surface area contributed by atoms with Crippen LogP contribution in [0.25, 0.3) is 16.6 Å². The van der Waals surface area contributed by atoms with Crippen molar-refractivity contribution in [3.63, 3.8) is 0 Å². The summed E-state index contributed by atoms with van der Waals surface area (Å²) in [7, 11) is 0. The molecule has 3 aromatic heterocycles. The molecule has 31 heavy (non-hydrogen) atoms. The van der Waals surface area contributed by atoms with Crippen LogP contribution in [-0.2, 0) is 12.8 Å². The predicted molar refractivity (Wildman–Crippen MR) is 135 cm³/mol.